The fourth-order valence-corrected chi connectivity index (χ4v) is 4.27. The van der Waals surface area contributed by atoms with E-state index in [-0.39, 0.29) is 23.5 Å². The quantitative estimate of drug-likeness (QED) is 0.456. The molecule has 162 valence electrons. The molecule has 0 unspecified atom stereocenters. The van der Waals surface area contributed by atoms with Gasteiger partial charge in [0.15, 0.2) is 11.0 Å². The van der Waals surface area contributed by atoms with Gasteiger partial charge in [0.1, 0.15) is 11.6 Å². The molecule has 1 heterocycles. The maximum Gasteiger partial charge on any atom is 0.233 e. The second kappa shape index (κ2) is 9.51. The minimum atomic E-state index is -0.320. The van der Waals surface area contributed by atoms with Crippen LogP contribution in [0.3, 0.4) is 0 Å². The Balaban J connectivity index is 1.41. The van der Waals surface area contributed by atoms with Gasteiger partial charge in [0.2, 0.25) is 5.91 Å². The van der Waals surface area contributed by atoms with Gasteiger partial charge in [-0.1, -0.05) is 36.0 Å². The molecule has 0 radical (unpaired) electrons. The number of carbonyl (C=O) groups is 1. The standard InChI is InChI=1S/C23H25FN4O2S/c1-3-30-18-12-8-16(9-13-18)14-27(2)21(29)15-31-23-26-25-22(28(23)17-10-11-17)19-6-4-5-7-20(19)24/h4-9,12-13,17H,3,10-11,14-15H2,1-2H3. The van der Waals surface area contributed by atoms with Crippen molar-refractivity contribution in [3.63, 3.8) is 0 Å². The predicted octanol–water partition coefficient (Wildman–Crippen LogP) is 4.57. The SMILES string of the molecule is CCOc1ccc(CN(C)C(=O)CSc2nnc(-c3ccccc3F)n2C2CC2)cc1. The molecule has 1 saturated carbocycles. The summed E-state index contributed by atoms with van der Waals surface area (Å²) in [5.41, 5.74) is 1.47. The molecule has 6 nitrogen and oxygen atoms in total. The number of hydrogen-bond donors (Lipinski definition) is 0. The van der Waals surface area contributed by atoms with Crippen molar-refractivity contribution in [3.8, 4) is 17.1 Å². The van der Waals surface area contributed by atoms with E-state index in [1.54, 1.807) is 30.1 Å². The van der Waals surface area contributed by atoms with E-state index in [4.69, 9.17) is 4.74 Å². The Morgan fingerprint density at radius 1 is 1.19 bits per heavy atom. The van der Waals surface area contributed by atoms with Gasteiger partial charge in [-0.15, -0.1) is 10.2 Å². The Morgan fingerprint density at radius 2 is 1.94 bits per heavy atom. The Kier molecular flexibility index (Phi) is 6.56. The molecular formula is C23H25FN4O2S. The van der Waals surface area contributed by atoms with E-state index in [2.05, 4.69) is 10.2 Å². The van der Waals surface area contributed by atoms with Crippen LogP contribution in [0.25, 0.3) is 11.4 Å². The summed E-state index contributed by atoms with van der Waals surface area (Å²) < 4.78 is 21.7. The molecule has 1 amide bonds. The highest BCUT2D eigenvalue weighted by Gasteiger charge is 2.31. The molecule has 0 saturated heterocycles. The summed E-state index contributed by atoms with van der Waals surface area (Å²) in [7, 11) is 1.79. The number of nitrogens with zero attached hydrogens (tertiary/aromatic N) is 4. The Labute approximate surface area is 185 Å². The number of hydrogen-bond acceptors (Lipinski definition) is 5. The molecule has 1 aliphatic rings. The van der Waals surface area contributed by atoms with Gasteiger partial charge in [0, 0.05) is 19.6 Å². The van der Waals surface area contributed by atoms with Crippen LogP contribution in [0.15, 0.2) is 53.7 Å². The van der Waals surface area contributed by atoms with Crippen LogP contribution in [0.5, 0.6) is 5.75 Å². The monoisotopic (exact) mass is 440 g/mol. The van der Waals surface area contributed by atoms with Crippen LogP contribution in [0.2, 0.25) is 0 Å². The molecule has 1 fully saturated rings. The Morgan fingerprint density at radius 3 is 2.61 bits per heavy atom. The largest absolute Gasteiger partial charge is 0.494 e. The smallest absolute Gasteiger partial charge is 0.233 e. The first-order valence-corrected chi connectivity index (χ1v) is 11.3. The topological polar surface area (TPSA) is 60.2 Å². The Bertz CT molecular complexity index is 1050. The van der Waals surface area contributed by atoms with Gasteiger partial charge in [0.25, 0.3) is 0 Å². The maximum atomic E-state index is 14.3. The molecule has 1 aromatic heterocycles. The van der Waals surface area contributed by atoms with Gasteiger partial charge < -0.3 is 9.64 Å². The van der Waals surface area contributed by atoms with Gasteiger partial charge >= 0.3 is 0 Å². The van der Waals surface area contributed by atoms with E-state index < -0.39 is 0 Å². The van der Waals surface area contributed by atoms with Crippen LogP contribution >= 0.6 is 11.8 Å². The zero-order valence-corrected chi connectivity index (χ0v) is 18.4. The van der Waals surface area contributed by atoms with Gasteiger partial charge in [-0.3, -0.25) is 9.36 Å². The summed E-state index contributed by atoms with van der Waals surface area (Å²) in [6.45, 7) is 3.09. The fraction of sp³-hybridized carbons (Fsp3) is 0.348. The third kappa shape index (κ3) is 5.07. The highest BCUT2D eigenvalue weighted by atomic mass is 32.2. The second-order valence-electron chi connectivity index (χ2n) is 7.50. The molecule has 4 rings (SSSR count). The van der Waals surface area contributed by atoms with E-state index in [1.165, 1.54) is 17.8 Å². The van der Waals surface area contributed by atoms with Crippen LogP contribution in [-0.2, 0) is 11.3 Å². The lowest BCUT2D eigenvalue weighted by atomic mass is 10.2. The summed E-state index contributed by atoms with van der Waals surface area (Å²) >= 11 is 1.35. The van der Waals surface area contributed by atoms with Gasteiger partial charge in [0.05, 0.1) is 17.9 Å². The lowest BCUT2D eigenvalue weighted by molar-refractivity contribution is -0.127. The fourth-order valence-electron chi connectivity index (χ4n) is 3.32. The number of carbonyl (C=O) groups excluding carboxylic acids is 1. The van der Waals surface area contributed by atoms with Crippen molar-refractivity contribution >= 4 is 17.7 Å². The first kappa shape index (κ1) is 21.4. The molecule has 0 N–H and O–H groups in total. The van der Waals surface area contributed by atoms with E-state index in [0.717, 1.165) is 24.2 Å². The van der Waals surface area contributed by atoms with Gasteiger partial charge in [-0.2, -0.15) is 0 Å². The van der Waals surface area contributed by atoms with Gasteiger partial charge in [-0.05, 0) is 49.6 Å². The zero-order valence-electron chi connectivity index (χ0n) is 17.6. The number of benzene rings is 2. The second-order valence-corrected chi connectivity index (χ2v) is 8.45. The Hall–Kier alpha value is -2.87. The molecule has 2 aromatic carbocycles. The summed E-state index contributed by atoms with van der Waals surface area (Å²) in [5, 5.41) is 9.16. The highest BCUT2D eigenvalue weighted by Crippen LogP contribution is 2.41. The van der Waals surface area contributed by atoms with Crippen molar-refractivity contribution in [1.29, 1.82) is 0 Å². The number of rotatable bonds is 9. The van der Waals surface area contributed by atoms with Crippen molar-refractivity contribution in [2.75, 3.05) is 19.4 Å². The van der Waals surface area contributed by atoms with Crippen molar-refractivity contribution < 1.29 is 13.9 Å². The normalized spacial score (nSPS) is 13.3. The zero-order chi connectivity index (χ0) is 21.8. The lowest BCUT2D eigenvalue weighted by Gasteiger charge is -2.17. The van der Waals surface area contributed by atoms with E-state index in [1.807, 2.05) is 35.8 Å². The summed E-state index contributed by atoms with van der Waals surface area (Å²) in [4.78, 5) is 14.4. The molecule has 1 aliphatic carbocycles. The molecule has 3 aromatic rings. The number of halogens is 1. The molecule has 0 aliphatic heterocycles. The van der Waals surface area contributed by atoms with Crippen molar-refractivity contribution in [1.82, 2.24) is 19.7 Å². The van der Waals surface area contributed by atoms with E-state index in [9.17, 15) is 9.18 Å². The predicted molar refractivity (Wildman–Crippen MR) is 118 cm³/mol. The first-order chi connectivity index (χ1) is 15.1. The van der Waals surface area contributed by atoms with Crippen LogP contribution < -0.4 is 4.74 Å². The molecule has 0 atom stereocenters. The molecule has 0 bridgehead atoms. The summed E-state index contributed by atoms with van der Waals surface area (Å²) in [5.74, 6) is 1.27. The number of thioether (sulfide) groups is 1. The highest BCUT2D eigenvalue weighted by molar-refractivity contribution is 7.99. The van der Waals surface area contributed by atoms with Crippen LogP contribution in [-0.4, -0.2) is 45.0 Å². The third-order valence-electron chi connectivity index (χ3n) is 5.10. The van der Waals surface area contributed by atoms with Gasteiger partial charge in [-0.25, -0.2) is 4.39 Å². The first-order valence-electron chi connectivity index (χ1n) is 10.3. The van der Waals surface area contributed by atoms with Crippen molar-refractivity contribution in [3.05, 3.63) is 59.9 Å². The lowest BCUT2D eigenvalue weighted by Crippen LogP contribution is -2.27. The van der Waals surface area contributed by atoms with Crippen LogP contribution in [0.4, 0.5) is 4.39 Å². The summed E-state index contributed by atoms with van der Waals surface area (Å²) in [6.07, 6.45) is 2.03. The minimum absolute atomic E-state index is 0.00308. The molecular weight excluding hydrogens is 415 g/mol. The molecule has 31 heavy (non-hydrogen) atoms. The molecule has 0 spiro atoms. The van der Waals surface area contributed by atoms with Crippen LogP contribution in [0, 0.1) is 5.82 Å². The van der Waals surface area contributed by atoms with Crippen LogP contribution in [0.1, 0.15) is 31.4 Å². The van der Waals surface area contributed by atoms with E-state index >= 15 is 0 Å². The summed E-state index contributed by atoms with van der Waals surface area (Å²) in [6, 6.07) is 14.6. The van der Waals surface area contributed by atoms with Crippen molar-refractivity contribution in [2.24, 2.45) is 0 Å². The average Bonchev–Trinajstić information content (AvgIpc) is 3.53. The van der Waals surface area contributed by atoms with E-state index in [0.29, 0.717) is 29.7 Å². The average molecular weight is 441 g/mol. The number of amides is 1. The number of ether oxygens (including phenoxy) is 1. The minimum Gasteiger partial charge on any atom is -0.494 e. The number of aromatic nitrogens is 3. The maximum absolute atomic E-state index is 14.3. The molecule has 8 heteroatoms. The third-order valence-corrected chi connectivity index (χ3v) is 6.02. The van der Waals surface area contributed by atoms with Crippen molar-refractivity contribution in [2.45, 2.75) is 37.5 Å².